The molecule has 0 saturated carbocycles. The van der Waals surface area contributed by atoms with E-state index in [0.29, 0.717) is 24.2 Å². The summed E-state index contributed by atoms with van der Waals surface area (Å²) in [5.74, 6) is -0.285. The third-order valence-corrected chi connectivity index (χ3v) is 21.0. The van der Waals surface area contributed by atoms with Crippen molar-refractivity contribution in [2.24, 2.45) is 10.4 Å². The molecule has 795 valence electrons. The fraction of sp³-hybridized carbons (Fsp3) is 0.289. The minimum atomic E-state index is -0.990. The number of carboxylic acid groups (broad SMARTS) is 1. The number of para-hydroxylation sites is 2. The summed E-state index contributed by atoms with van der Waals surface area (Å²) in [5.41, 5.74) is 27.9. The number of aliphatic hydroxyl groups is 4. The molecule has 0 saturated heterocycles. The van der Waals surface area contributed by atoms with Crippen LogP contribution in [0.4, 0.5) is 0 Å². The summed E-state index contributed by atoms with van der Waals surface area (Å²) in [6.45, 7) is 38.5. The van der Waals surface area contributed by atoms with Gasteiger partial charge in [-0.2, -0.15) is 0 Å². The summed E-state index contributed by atoms with van der Waals surface area (Å²) in [6, 6.07) is 65.8. The molecule has 7 N–H and O–H groups in total. The summed E-state index contributed by atoms with van der Waals surface area (Å²) in [4.78, 5) is 101. The van der Waals surface area contributed by atoms with Gasteiger partial charge >= 0.3 is 5.97 Å². The van der Waals surface area contributed by atoms with Crippen LogP contribution in [-0.4, -0.2) is 190 Å². The molecule has 0 bridgehead atoms. The molecule has 35 heteroatoms. The summed E-state index contributed by atoms with van der Waals surface area (Å²) in [5, 5.41) is 62.1. The molecule has 0 spiro atoms. The van der Waals surface area contributed by atoms with Gasteiger partial charge in [0.1, 0.15) is 48.8 Å². The molecular weight excluding hydrogens is 2770 g/mol. The maximum absolute atomic E-state index is 10.1. The molecule has 0 aliphatic rings. The predicted octanol–water partition coefficient (Wildman–Crippen LogP) is 20.5. The number of aldehydes is 1. The number of aromatic carboxylic acids is 1. The molecule has 16 aromatic rings. The van der Waals surface area contributed by atoms with Crippen LogP contribution in [0.25, 0.3) is 90.3 Å². The van der Waals surface area contributed by atoms with Crippen LogP contribution < -0.4 is 0 Å². The number of carboxylic acids is 1. The number of phenols is 2. The molecule has 149 heavy (non-hydrogen) atoms. The second-order valence-corrected chi connectivity index (χ2v) is 35.1. The molecule has 4 atom stereocenters. The first-order valence-corrected chi connectivity index (χ1v) is 46.4. The number of ether oxygens (including phenoxy) is 2. The summed E-state index contributed by atoms with van der Waals surface area (Å²) < 4.78 is 8.88. The Morgan fingerprint density at radius 2 is 1.00 bits per heavy atom. The van der Waals surface area contributed by atoms with Crippen molar-refractivity contribution < 1.29 is 155 Å². The van der Waals surface area contributed by atoms with Gasteiger partial charge in [0.25, 0.3) is 0 Å². The third-order valence-electron chi connectivity index (χ3n) is 21.0. The van der Waals surface area contributed by atoms with Crippen LogP contribution in [0.3, 0.4) is 0 Å². The van der Waals surface area contributed by atoms with Crippen LogP contribution in [0.15, 0.2) is 250 Å². The molecule has 13 heterocycles. The van der Waals surface area contributed by atoms with Gasteiger partial charge in [0.05, 0.1) is 46.2 Å². The standard InChI is InChI=1S/C20H20N3.C18H17N4.C15H11N4.C14H16N3.C13H14N3.C8H9NO.C8H18O2.C7H6O2.C6H5NO2.C5H12O4.5Ir/c1-4-7-17-16(10-6-11-21-17)18-12-19(23-13-22-18)20-14(2)8-5-9-15(20)3;1-11-7-15(14(4)19-9-11)16-8-17(21-10-20-16)18-12(2)5-6-13(3)22-18;1-11-14(12-5-4-7-16-9-12)18-10-19-15(11)13-6-2-3-8-17-13;1-9(2)13-7-14(16-8-15-13)12-6-5-10(3)17-11(12)4;1-13(2,3)12-7-11(15-9-16-12)10-5-4-6-14-8-10;1-9-6-7-4-2-3-5-8(7)10;1-6(9)5-7(10)8(2,3)4;8-5-6-3-1-2-4-7(6)9;8-6(9)5-3-1-2-4-7-5;1-8-4(6)3-5(7)9-2;;;;;/h5-6,8-9,11-13H,4,7H2,1-3H3;5-6,8-10H,1-4H3;2-4,6-10H,1H3;5,7-9H,1-4H3;4,6-9H,1-3H3;2-6,10H,1H3;6-7,9-10H,5H2,1-4H3;1-5,9H;1-4H,(H,8,9);4-7H,3H2,1-2H3;;;;;/q5*-1;;;;;;;;;;. The zero-order valence-electron chi connectivity index (χ0n) is 87.4. The molecule has 4 unspecified atom stereocenters. The van der Waals surface area contributed by atoms with Gasteiger partial charge < -0.3 is 70.1 Å². The number of benzene rings is 3. The zero-order chi connectivity index (χ0) is 105. The number of aromatic hydroxyl groups is 2. The quantitative estimate of drug-likeness (QED) is 0.0161. The van der Waals surface area contributed by atoms with E-state index in [2.05, 4.69) is 214 Å². The third kappa shape index (κ3) is 45.2. The van der Waals surface area contributed by atoms with Gasteiger partial charge in [0.2, 0.25) is 0 Å². The first-order valence-electron chi connectivity index (χ1n) is 46.4. The van der Waals surface area contributed by atoms with E-state index >= 15 is 0 Å². The van der Waals surface area contributed by atoms with Crippen molar-refractivity contribution in [2.45, 2.75) is 193 Å². The topological polar surface area (TPSA) is 439 Å². The Bertz CT molecular complexity index is 6540. The minimum absolute atomic E-state index is 0. The Morgan fingerprint density at radius 3 is 1.52 bits per heavy atom. The van der Waals surface area contributed by atoms with Crippen molar-refractivity contribution in [1.82, 2.24) is 89.7 Å². The second kappa shape index (κ2) is 69.1. The van der Waals surface area contributed by atoms with Gasteiger partial charge in [-0.25, -0.2) is 34.7 Å². The van der Waals surface area contributed by atoms with Gasteiger partial charge in [-0.1, -0.05) is 219 Å². The number of hydrogen-bond acceptors (Lipinski definition) is 29. The Morgan fingerprint density at radius 1 is 0.463 bits per heavy atom. The molecule has 3 aromatic carbocycles. The van der Waals surface area contributed by atoms with E-state index in [0.717, 1.165) is 160 Å². The van der Waals surface area contributed by atoms with Crippen LogP contribution in [-0.2, 0) is 122 Å². The van der Waals surface area contributed by atoms with Crippen LogP contribution in [0.5, 0.6) is 11.5 Å². The monoisotopic (exact) mass is 2900 g/mol. The normalized spacial score (nSPS) is 11.1. The van der Waals surface area contributed by atoms with Gasteiger partial charge in [-0.3, -0.25) is 44.7 Å². The number of carbonyl (C=O) groups is 2. The van der Waals surface area contributed by atoms with Gasteiger partial charge in [-0.05, 0) is 194 Å². The number of rotatable bonds is 20. The van der Waals surface area contributed by atoms with E-state index in [1.165, 1.54) is 49.2 Å². The Balaban J connectivity index is 0.000000568. The minimum Gasteiger partial charge on any atom is -0.507 e. The van der Waals surface area contributed by atoms with Gasteiger partial charge in [0.15, 0.2) is 18.9 Å². The van der Waals surface area contributed by atoms with E-state index < -0.39 is 30.8 Å². The second-order valence-electron chi connectivity index (χ2n) is 35.1. The summed E-state index contributed by atoms with van der Waals surface area (Å²) >= 11 is 0. The van der Waals surface area contributed by atoms with E-state index in [9.17, 15) is 14.7 Å². The number of nitrogens with zero attached hydrogens (tertiary/aromatic N) is 19. The molecule has 0 aliphatic heterocycles. The molecule has 13 aromatic heterocycles. The molecule has 0 amide bonds. The fourth-order valence-corrected chi connectivity index (χ4v) is 13.1. The van der Waals surface area contributed by atoms with Crippen LogP contribution in [0.2, 0.25) is 0 Å². The van der Waals surface area contributed by atoms with Crippen LogP contribution in [0.1, 0.15) is 189 Å². The van der Waals surface area contributed by atoms with E-state index in [1.807, 2.05) is 148 Å². The van der Waals surface area contributed by atoms with Crippen molar-refractivity contribution in [2.75, 3.05) is 21.3 Å². The number of hydrogen-bond donors (Lipinski definition) is 7. The fourth-order valence-electron chi connectivity index (χ4n) is 13.1. The molecule has 0 fully saturated rings. The van der Waals surface area contributed by atoms with Crippen molar-refractivity contribution >= 4 is 18.5 Å². The maximum atomic E-state index is 10.1. The summed E-state index contributed by atoms with van der Waals surface area (Å²) in [7, 11) is 4.38. The number of aliphatic imine (C=N–C) groups is 1. The van der Waals surface area contributed by atoms with Crippen molar-refractivity contribution in [3.8, 4) is 102 Å². The van der Waals surface area contributed by atoms with Crippen LogP contribution >= 0.6 is 0 Å². The Kier molecular flexibility index (Phi) is 61.6. The van der Waals surface area contributed by atoms with Gasteiger partial charge in [-0.15, -0.1) is 88.0 Å². The smallest absolute Gasteiger partial charge is 0.354 e. The maximum Gasteiger partial charge on any atom is 0.354 e. The van der Waals surface area contributed by atoms with Crippen molar-refractivity contribution in [1.29, 1.82) is 0 Å². The van der Waals surface area contributed by atoms with Crippen molar-refractivity contribution in [3.05, 3.63) is 360 Å². The van der Waals surface area contributed by atoms with Crippen LogP contribution in [0, 0.1) is 98.1 Å². The molecular formula is C114H128Ir5N19O11-5. The molecule has 16 rings (SSSR count). The first-order chi connectivity index (χ1) is 68.8. The number of phenolic OH excluding ortho intramolecular Hbond substituents is 2. The Labute approximate surface area is 942 Å². The predicted molar refractivity (Wildman–Crippen MR) is 561 cm³/mol. The molecule has 30 nitrogen and oxygen atoms in total. The number of carbonyl (C=O) groups excluding carboxylic acids is 1. The SMILES string of the molecule is CC(C)(C)c1cc(-c2[c-]ccnc2)ncn1.CC(O)CC(O)C(C)(C)C.CCCc1ncc[c-]c1-c1cc(-c2c(C)cccc2C)ncn1.CN=Cc1ccccc1O.COC(O)CC(O)OC.Cc1[c-]c(-c2cc(-c3nc(C)ccc3C)ncn2)c(C)nc1.Cc1c(-c2[c-]ccnc2)ncnc1-c1ccccn1.Cc1c[c-]c(-c2cc(C(C)C)ncn2)c(C)n1.O=C(O)c1ccccn1.O=Cc1ccccc1O.[Ir].[Ir].[Ir].[Ir].[Ir]. The summed E-state index contributed by atoms with van der Waals surface area (Å²) in [6.07, 6.45) is 23.7. The number of aryl methyl sites for hydroxylation is 9. The van der Waals surface area contributed by atoms with E-state index in [-0.39, 0.29) is 135 Å². The number of pyridine rings is 8. The van der Waals surface area contributed by atoms with Crippen molar-refractivity contribution in [3.63, 3.8) is 0 Å². The average Bonchev–Trinajstić information content (AvgIpc) is 0.790. The number of methoxy groups -OCH3 is 2. The number of aromatic nitrogens is 18. The molecule has 5 radical (unpaired) electrons. The van der Waals surface area contributed by atoms with Gasteiger partial charge in [0, 0.05) is 180 Å². The average molecular weight is 2900 g/mol. The van der Waals surface area contributed by atoms with E-state index in [1.54, 1.807) is 144 Å². The first kappa shape index (κ1) is 133. The molecule has 0 aliphatic carbocycles. The zero-order valence-corrected chi connectivity index (χ0v) is 99.4. The van der Waals surface area contributed by atoms with E-state index in [4.69, 9.17) is 30.6 Å². The number of aliphatic hydroxyl groups excluding tert-OH is 4. The largest absolute Gasteiger partial charge is 0.507 e. The Hall–Kier alpha value is -12.3.